The summed E-state index contributed by atoms with van der Waals surface area (Å²) in [5.41, 5.74) is 4.37. The summed E-state index contributed by atoms with van der Waals surface area (Å²) >= 11 is 1.67. The van der Waals surface area contributed by atoms with Crippen LogP contribution < -0.4 is 0 Å². The van der Waals surface area contributed by atoms with Crippen molar-refractivity contribution in [2.45, 2.75) is 13.8 Å². The van der Waals surface area contributed by atoms with Gasteiger partial charge < -0.3 is 4.52 Å². The quantitative estimate of drug-likeness (QED) is 0.400. The van der Waals surface area contributed by atoms with Crippen molar-refractivity contribution in [1.29, 1.82) is 0 Å². The third kappa shape index (κ3) is 2.70. The number of fused-ring (bicyclic) bond motifs is 1. The Bertz CT molecular complexity index is 1270. The van der Waals surface area contributed by atoms with Crippen LogP contribution in [0.4, 0.5) is 0 Å². The molecule has 1 aromatic carbocycles. The topological polar surface area (TPSA) is 64.7 Å². The highest BCUT2D eigenvalue weighted by atomic mass is 32.1. The van der Waals surface area contributed by atoms with Gasteiger partial charge in [-0.15, -0.1) is 21.5 Å². The zero-order valence-electron chi connectivity index (χ0n) is 15.4. The van der Waals surface area contributed by atoms with Crippen LogP contribution in [0.25, 0.3) is 43.2 Å². The first-order chi connectivity index (χ1) is 13.7. The van der Waals surface area contributed by atoms with Crippen molar-refractivity contribution in [2.75, 3.05) is 0 Å². The van der Waals surface area contributed by atoms with Gasteiger partial charge >= 0.3 is 0 Å². The Morgan fingerprint density at radius 2 is 1.50 bits per heavy atom. The molecule has 5 nitrogen and oxygen atoms in total. The number of benzene rings is 1. The predicted octanol–water partition coefficient (Wildman–Crippen LogP) is 5.69. The van der Waals surface area contributed by atoms with Crippen molar-refractivity contribution >= 4 is 22.1 Å². The first-order valence-electron chi connectivity index (χ1n) is 8.92. The van der Waals surface area contributed by atoms with Gasteiger partial charge in [0.25, 0.3) is 0 Å². The maximum atomic E-state index is 5.34. The molecule has 0 atom stereocenters. The molecule has 0 radical (unpaired) electrons. The summed E-state index contributed by atoms with van der Waals surface area (Å²) in [5, 5.41) is 15.3. The van der Waals surface area contributed by atoms with Crippen molar-refractivity contribution in [1.82, 2.24) is 20.3 Å². The molecule has 0 saturated carbocycles. The van der Waals surface area contributed by atoms with Crippen LogP contribution in [0.1, 0.15) is 11.5 Å². The summed E-state index contributed by atoms with van der Waals surface area (Å²) < 4.78 is 5.34. The van der Waals surface area contributed by atoms with E-state index in [1.54, 1.807) is 11.3 Å². The molecule has 0 spiro atoms. The lowest BCUT2D eigenvalue weighted by atomic mass is 10.0. The van der Waals surface area contributed by atoms with Crippen LogP contribution in [0, 0.1) is 13.8 Å². The lowest BCUT2D eigenvalue weighted by Gasteiger charge is -2.08. The van der Waals surface area contributed by atoms with Crippen LogP contribution in [-0.2, 0) is 0 Å². The van der Waals surface area contributed by atoms with Gasteiger partial charge in [-0.05, 0) is 38.1 Å². The van der Waals surface area contributed by atoms with Gasteiger partial charge in [0, 0.05) is 17.0 Å². The molecule has 0 fully saturated rings. The highest BCUT2D eigenvalue weighted by Crippen LogP contribution is 2.38. The number of pyridine rings is 1. The number of thiophene rings is 1. The maximum Gasteiger partial charge on any atom is 0.143 e. The molecule has 0 bridgehead atoms. The second-order valence-corrected chi connectivity index (χ2v) is 7.60. The monoisotopic (exact) mass is 384 g/mol. The third-order valence-corrected chi connectivity index (χ3v) is 5.83. The molecule has 136 valence electrons. The van der Waals surface area contributed by atoms with Crippen molar-refractivity contribution in [3.63, 3.8) is 0 Å². The number of hydrogen-bond donors (Lipinski definition) is 0. The van der Waals surface area contributed by atoms with Crippen LogP contribution in [0.15, 0.2) is 65.3 Å². The van der Waals surface area contributed by atoms with Gasteiger partial charge in [0.2, 0.25) is 0 Å². The van der Waals surface area contributed by atoms with Gasteiger partial charge in [-0.2, -0.15) is 0 Å². The number of nitrogens with zero attached hydrogens (tertiary/aromatic N) is 4. The Hall–Kier alpha value is -3.38. The fraction of sp³-hybridized carbons (Fsp3) is 0.0909. The highest BCUT2D eigenvalue weighted by Gasteiger charge is 2.19. The summed E-state index contributed by atoms with van der Waals surface area (Å²) in [6.07, 6.45) is 1.81. The summed E-state index contributed by atoms with van der Waals surface area (Å²) in [7, 11) is 0. The SMILES string of the molecule is Cc1noc(C)c1-c1nnc(-c2ccc(-c3ccccn3)s2)c2ccccc12. The van der Waals surface area contributed by atoms with E-state index in [0.29, 0.717) is 0 Å². The van der Waals surface area contributed by atoms with Crippen LogP contribution >= 0.6 is 11.3 Å². The first-order valence-corrected chi connectivity index (χ1v) is 9.74. The smallest absolute Gasteiger partial charge is 0.143 e. The number of aryl methyl sites for hydroxylation is 2. The molecule has 5 rings (SSSR count). The van der Waals surface area contributed by atoms with Gasteiger partial charge in [0.05, 0.1) is 26.7 Å². The minimum atomic E-state index is 0.748. The van der Waals surface area contributed by atoms with E-state index < -0.39 is 0 Å². The number of hydrogen-bond acceptors (Lipinski definition) is 6. The average Bonchev–Trinajstić information content (AvgIpc) is 3.35. The van der Waals surface area contributed by atoms with E-state index in [4.69, 9.17) is 4.52 Å². The first kappa shape index (κ1) is 16.8. The Kier molecular flexibility index (Phi) is 3.98. The normalized spacial score (nSPS) is 11.2. The molecule has 0 amide bonds. The zero-order chi connectivity index (χ0) is 19.1. The molecular formula is C22H16N4OS. The van der Waals surface area contributed by atoms with E-state index in [-0.39, 0.29) is 0 Å². The van der Waals surface area contributed by atoms with E-state index >= 15 is 0 Å². The second kappa shape index (κ2) is 6.65. The number of aromatic nitrogens is 4. The van der Waals surface area contributed by atoms with Crippen LogP contribution in [0.5, 0.6) is 0 Å². The minimum Gasteiger partial charge on any atom is -0.361 e. The molecule has 5 aromatic rings. The van der Waals surface area contributed by atoms with Crippen molar-refractivity contribution in [3.05, 3.63) is 72.2 Å². The molecule has 28 heavy (non-hydrogen) atoms. The van der Waals surface area contributed by atoms with Gasteiger partial charge in [-0.3, -0.25) is 4.98 Å². The van der Waals surface area contributed by atoms with E-state index in [2.05, 4.69) is 44.6 Å². The van der Waals surface area contributed by atoms with Gasteiger partial charge in [0.15, 0.2) is 0 Å². The minimum absolute atomic E-state index is 0.748. The lowest BCUT2D eigenvalue weighted by molar-refractivity contribution is 0.393. The van der Waals surface area contributed by atoms with E-state index in [0.717, 1.165) is 54.6 Å². The molecule has 0 aliphatic carbocycles. The van der Waals surface area contributed by atoms with E-state index in [9.17, 15) is 0 Å². The Balaban J connectivity index is 1.69. The molecule has 0 N–H and O–H groups in total. The van der Waals surface area contributed by atoms with E-state index in [1.165, 1.54) is 0 Å². The van der Waals surface area contributed by atoms with Gasteiger partial charge in [-0.1, -0.05) is 35.5 Å². The van der Waals surface area contributed by atoms with Gasteiger partial charge in [0.1, 0.15) is 17.1 Å². The lowest BCUT2D eigenvalue weighted by Crippen LogP contribution is -1.95. The second-order valence-electron chi connectivity index (χ2n) is 6.52. The van der Waals surface area contributed by atoms with E-state index in [1.807, 2.05) is 50.4 Å². The molecule has 4 aromatic heterocycles. The molecule has 4 heterocycles. The number of rotatable bonds is 3. The summed E-state index contributed by atoms with van der Waals surface area (Å²) in [6, 6.07) is 18.3. The molecular weight excluding hydrogens is 368 g/mol. The maximum absolute atomic E-state index is 5.34. The van der Waals surface area contributed by atoms with Crippen LogP contribution in [0.2, 0.25) is 0 Å². The molecule has 0 aliphatic heterocycles. The molecule has 0 unspecified atom stereocenters. The molecule has 6 heteroatoms. The predicted molar refractivity (Wildman–Crippen MR) is 111 cm³/mol. The highest BCUT2D eigenvalue weighted by molar-refractivity contribution is 7.18. The van der Waals surface area contributed by atoms with Crippen LogP contribution in [0.3, 0.4) is 0 Å². The van der Waals surface area contributed by atoms with Gasteiger partial charge in [-0.25, -0.2) is 0 Å². The fourth-order valence-corrected chi connectivity index (χ4v) is 4.38. The Morgan fingerprint density at radius 3 is 2.21 bits per heavy atom. The third-order valence-electron chi connectivity index (χ3n) is 4.71. The van der Waals surface area contributed by atoms with Crippen molar-refractivity contribution < 1.29 is 4.52 Å². The average molecular weight is 384 g/mol. The molecule has 0 aliphatic rings. The Labute approximate surface area is 165 Å². The largest absolute Gasteiger partial charge is 0.361 e. The summed E-state index contributed by atoms with van der Waals surface area (Å²) in [6.45, 7) is 3.83. The Morgan fingerprint density at radius 1 is 0.786 bits per heavy atom. The van der Waals surface area contributed by atoms with Crippen molar-refractivity contribution in [3.8, 4) is 32.4 Å². The summed E-state index contributed by atoms with van der Waals surface area (Å²) in [5.74, 6) is 0.748. The fourth-order valence-electron chi connectivity index (χ4n) is 3.40. The summed E-state index contributed by atoms with van der Waals surface area (Å²) in [4.78, 5) is 6.61. The van der Waals surface area contributed by atoms with Crippen LogP contribution in [-0.4, -0.2) is 20.3 Å². The van der Waals surface area contributed by atoms with Crippen molar-refractivity contribution in [2.24, 2.45) is 0 Å². The molecule has 0 saturated heterocycles. The standard InChI is InChI=1S/C22H16N4OS/c1-13-20(14(2)27-26-13)22-16-8-4-3-7-15(16)21(24-25-22)19-11-10-18(28-19)17-9-5-6-12-23-17/h3-12H,1-2H3. The zero-order valence-corrected chi connectivity index (χ0v) is 16.2.